The monoisotopic (exact) mass is 297 g/mol. The number of hydrogen-bond acceptors (Lipinski definition) is 2. The first-order valence-corrected chi connectivity index (χ1v) is 6.82. The number of nitrogens with one attached hydrogen (secondary N) is 1. The Hall–Kier alpha value is -1.82. The van der Waals surface area contributed by atoms with E-state index in [1.807, 2.05) is 24.7 Å². The highest BCUT2D eigenvalue weighted by molar-refractivity contribution is 5.24. The van der Waals surface area contributed by atoms with Gasteiger partial charge in [0.1, 0.15) is 0 Å². The number of nitrogens with zero attached hydrogens (tertiary/aromatic N) is 2. The van der Waals surface area contributed by atoms with E-state index in [0.29, 0.717) is 6.54 Å². The quantitative estimate of drug-likeness (QED) is 0.910. The molecule has 114 valence electrons. The summed E-state index contributed by atoms with van der Waals surface area (Å²) in [5, 5.41) is 7.48. The molecule has 3 nitrogen and oxygen atoms in total. The van der Waals surface area contributed by atoms with Crippen molar-refractivity contribution in [3.8, 4) is 0 Å². The smallest absolute Gasteiger partial charge is 0.306 e. The molecule has 21 heavy (non-hydrogen) atoms. The highest BCUT2D eigenvalue weighted by atomic mass is 19.4. The summed E-state index contributed by atoms with van der Waals surface area (Å²) >= 11 is 0. The van der Waals surface area contributed by atoms with E-state index in [9.17, 15) is 13.2 Å². The first-order chi connectivity index (χ1) is 9.90. The second-order valence-corrected chi connectivity index (χ2v) is 4.93. The minimum absolute atomic E-state index is 0.0904. The Morgan fingerprint density at radius 1 is 1.24 bits per heavy atom. The molecule has 0 bridgehead atoms. The molecule has 1 heterocycles. The average Bonchev–Trinajstić information content (AvgIpc) is 2.93. The number of halogens is 3. The van der Waals surface area contributed by atoms with Gasteiger partial charge >= 0.3 is 6.18 Å². The van der Waals surface area contributed by atoms with Gasteiger partial charge in [-0.1, -0.05) is 12.1 Å². The van der Waals surface area contributed by atoms with Crippen molar-refractivity contribution in [3.05, 3.63) is 53.3 Å². The molecule has 1 unspecified atom stereocenters. The van der Waals surface area contributed by atoms with Gasteiger partial charge in [0.15, 0.2) is 0 Å². The Balaban J connectivity index is 1.93. The Morgan fingerprint density at radius 3 is 2.43 bits per heavy atom. The van der Waals surface area contributed by atoms with E-state index in [2.05, 4.69) is 10.4 Å². The summed E-state index contributed by atoms with van der Waals surface area (Å²) < 4.78 is 39.2. The van der Waals surface area contributed by atoms with Crippen LogP contribution in [-0.4, -0.2) is 9.78 Å². The van der Waals surface area contributed by atoms with E-state index in [1.165, 1.54) is 12.1 Å². The van der Waals surface area contributed by atoms with E-state index in [0.717, 1.165) is 29.8 Å². The molecular weight excluding hydrogens is 279 g/mol. The van der Waals surface area contributed by atoms with Gasteiger partial charge in [0.05, 0.1) is 11.8 Å². The van der Waals surface area contributed by atoms with Crippen LogP contribution >= 0.6 is 0 Å². The fourth-order valence-electron chi connectivity index (χ4n) is 1.98. The topological polar surface area (TPSA) is 29.9 Å². The van der Waals surface area contributed by atoms with E-state index >= 15 is 0 Å². The highest BCUT2D eigenvalue weighted by Crippen LogP contribution is 2.29. The average molecular weight is 297 g/mol. The molecule has 1 atom stereocenters. The molecule has 2 rings (SSSR count). The van der Waals surface area contributed by atoms with Crippen molar-refractivity contribution in [3.63, 3.8) is 0 Å². The van der Waals surface area contributed by atoms with Gasteiger partial charge in [-0.15, -0.1) is 0 Å². The van der Waals surface area contributed by atoms with Crippen molar-refractivity contribution in [2.45, 2.75) is 39.2 Å². The molecule has 6 heteroatoms. The molecule has 1 aromatic carbocycles. The van der Waals surface area contributed by atoms with Crippen LogP contribution in [0.5, 0.6) is 0 Å². The lowest BCUT2D eigenvalue weighted by atomic mass is 10.1. The zero-order valence-electron chi connectivity index (χ0n) is 12.0. The SMILES string of the molecule is CCn1cc(C(C)NCc2ccc(C(F)(F)F)cc2)cn1. The zero-order valence-corrected chi connectivity index (χ0v) is 12.0. The van der Waals surface area contributed by atoms with E-state index < -0.39 is 11.7 Å². The molecule has 1 aromatic heterocycles. The second kappa shape index (κ2) is 6.30. The van der Waals surface area contributed by atoms with Crippen LogP contribution in [-0.2, 0) is 19.3 Å². The fourth-order valence-corrected chi connectivity index (χ4v) is 1.98. The van der Waals surface area contributed by atoms with Crippen LogP contribution < -0.4 is 5.32 Å². The number of rotatable bonds is 5. The summed E-state index contributed by atoms with van der Waals surface area (Å²) in [6.45, 7) is 5.33. The lowest BCUT2D eigenvalue weighted by Crippen LogP contribution is -2.17. The first kappa shape index (κ1) is 15.6. The summed E-state index contributed by atoms with van der Waals surface area (Å²) in [7, 11) is 0. The van der Waals surface area contributed by atoms with Gasteiger partial charge in [0.25, 0.3) is 0 Å². The van der Waals surface area contributed by atoms with Crippen LogP contribution in [0.1, 0.15) is 36.6 Å². The fraction of sp³-hybridized carbons (Fsp3) is 0.400. The third-order valence-electron chi connectivity index (χ3n) is 3.37. The first-order valence-electron chi connectivity index (χ1n) is 6.82. The molecule has 0 aliphatic rings. The van der Waals surface area contributed by atoms with Gasteiger partial charge in [-0.2, -0.15) is 18.3 Å². The summed E-state index contributed by atoms with van der Waals surface area (Å²) in [5.41, 5.74) is 1.25. The Bertz CT molecular complexity index is 573. The number of aryl methyl sites for hydroxylation is 1. The van der Waals surface area contributed by atoms with Crippen molar-refractivity contribution in [2.75, 3.05) is 0 Å². The highest BCUT2D eigenvalue weighted by Gasteiger charge is 2.29. The maximum absolute atomic E-state index is 12.5. The second-order valence-electron chi connectivity index (χ2n) is 4.93. The summed E-state index contributed by atoms with van der Waals surface area (Å²) in [6.07, 6.45) is -0.522. The van der Waals surface area contributed by atoms with Crippen molar-refractivity contribution in [2.24, 2.45) is 0 Å². The number of benzene rings is 1. The minimum atomic E-state index is -4.28. The van der Waals surface area contributed by atoms with Crippen LogP contribution in [0.3, 0.4) is 0 Å². The standard InChI is InChI=1S/C15H18F3N3/c1-3-21-10-13(9-20-21)11(2)19-8-12-4-6-14(7-5-12)15(16,17)18/h4-7,9-11,19H,3,8H2,1-2H3. The Kier molecular flexibility index (Phi) is 4.67. The number of aromatic nitrogens is 2. The predicted molar refractivity (Wildman–Crippen MR) is 74.6 cm³/mol. The summed E-state index contributed by atoms with van der Waals surface area (Å²) in [5.74, 6) is 0. The lowest BCUT2D eigenvalue weighted by Gasteiger charge is -2.13. The van der Waals surface area contributed by atoms with Gasteiger partial charge in [-0.25, -0.2) is 0 Å². The zero-order chi connectivity index (χ0) is 15.5. The van der Waals surface area contributed by atoms with Crippen LogP contribution in [0.2, 0.25) is 0 Å². The number of alkyl halides is 3. The van der Waals surface area contributed by atoms with Crippen molar-refractivity contribution in [1.29, 1.82) is 0 Å². The molecular formula is C15H18F3N3. The third-order valence-corrected chi connectivity index (χ3v) is 3.37. The van der Waals surface area contributed by atoms with Crippen molar-refractivity contribution >= 4 is 0 Å². The van der Waals surface area contributed by atoms with Crippen LogP contribution in [0.25, 0.3) is 0 Å². The molecule has 0 spiro atoms. The van der Waals surface area contributed by atoms with Gasteiger partial charge in [-0.3, -0.25) is 4.68 Å². The number of hydrogen-bond donors (Lipinski definition) is 1. The van der Waals surface area contributed by atoms with Crippen molar-refractivity contribution < 1.29 is 13.2 Å². The van der Waals surface area contributed by atoms with E-state index in [4.69, 9.17) is 0 Å². The normalized spacial score (nSPS) is 13.4. The maximum Gasteiger partial charge on any atom is 0.416 e. The third kappa shape index (κ3) is 4.07. The molecule has 1 N–H and O–H groups in total. The van der Waals surface area contributed by atoms with Crippen LogP contribution in [0.4, 0.5) is 13.2 Å². The van der Waals surface area contributed by atoms with Crippen molar-refractivity contribution in [1.82, 2.24) is 15.1 Å². The maximum atomic E-state index is 12.5. The largest absolute Gasteiger partial charge is 0.416 e. The van der Waals surface area contributed by atoms with Gasteiger partial charge < -0.3 is 5.32 Å². The molecule has 2 aromatic rings. The van der Waals surface area contributed by atoms with Gasteiger partial charge in [-0.05, 0) is 31.5 Å². The molecule has 0 aliphatic heterocycles. The molecule has 0 saturated heterocycles. The van der Waals surface area contributed by atoms with Gasteiger partial charge in [0.2, 0.25) is 0 Å². The van der Waals surface area contributed by atoms with E-state index in [-0.39, 0.29) is 6.04 Å². The Labute approximate surface area is 121 Å². The molecule has 0 radical (unpaired) electrons. The Morgan fingerprint density at radius 2 is 1.90 bits per heavy atom. The molecule has 0 fully saturated rings. The van der Waals surface area contributed by atoms with Gasteiger partial charge in [0, 0.05) is 30.9 Å². The lowest BCUT2D eigenvalue weighted by molar-refractivity contribution is -0.137. The summed E-state index contributed by atoms with van der Waals surface area (Å²) in [4.78, 5) is 0. The minimum Gasteiger partial charge on any atom is -0.306 e. The molecule has 0 aliphatic carbocycles. The van der Waals surface area contributed by atoms with Crippen LogP contribution in [0, 0.1) is 0 Å². The summed E-state index contributed by atoms with van der Waals surface area (Å²) in [6, 6.07) is 5.30. The molecule has 0 saturated carbocycles. The van der Waals surface area contributed by atoms with Crippen LogP contribution in [0.15, 0.2) is 36.7 Å². The molecule has 0 amide bonds. The predicted octanol–water partition coefficient (Wildman–Crippen LogP) is 3.77. The van der Waals surface area contributed by atoms with E-state index in [1.54, 1.807) is 6.20 Å².